The fourth-order valence-corrected chi connectivity index (χ4v) is 7.78. The van der Waals surface area contributed by atoms with Crippen LogP contribution in [0.2, 0.25) is 0 Å². The van der Waals surface area contributed by atoms with Gasteiger partial charge < -0.3 is 14.7 Å². The maximum atomic E-state index is 13.5. The van der Waals surface area contributed by atoms with Crippen molar-refractivity contribution in [1.82, 2.24) is 14.7 Å². The van der Waals surface area contributed by atoms with E-state index in [0.29, 0.717) is 12.8 Å². The highest BCUT2D eigenvalue weighted by Crippen LogP contribution is 2.71. The molecular formula is C20H29N3O3. The average molecular weight is 359 g/mol. The van der Waals surface area contributed by atoms with Crippen molar-refractivity contribution in [2.45, 2.75) is 70.0 Å². The number of hydrogen-bond donors (Lipinski definition) is 0. The topological polar surface area (TPSA) is 60.9 Å². The largest absolute Gasteiger partial charge is 0.345 e. The summed E-state index contributed by atoms with van der Waals surface area (Å²) in [7, 11) is 3.80. The second-order valence-corrected chi connectivity index (χ2v) is 10.1. The van der Waals surface area contributed by atoms with Crippen molar-refractivity contribution in [2.24, 2.45) is 16.7 Å². The van der Waals surface area contributed by atoms with E-state index in [4.69, 9.17) is 0 Å². The molecule has 5 atom stereocenters. The van der Waals surface area contributed by atoms with E-state index in [-0.39, 0.29) is 35.1 Å². The van der Waals surface area contributed by atoms with E-state index in [0.717, 1.165) is 25.8 Å². The van der Waals surface area contributed by atoms with E-state index < -0.39 is 16.5 Å². The predicted octanol–water partition coefficient (Wildman–Crippen LogP) is 1.25. The van der Waals surface area contributed by atoms with Crippen LogP contribution in [-0.4, -0.2) is 70.2 Å². The summed E-state index contributed by atoms with van der Waals surface area (Å²) in [6.45, 7) is 7.16. The van der Waals surface area contributed by atoms with Crippen LogP contribution in [0.5, 0.6) is 0 Å². The zero-order valence-electron chi connectivity index (χ0n) is 16.5. The third kappa shape index (κ3) is 1.31. The molecule has 1 aliphatic carbocycles. The zero-order chi connectivity index (χ0) is 18.9. The number of nitrogens with zero attached hydrogens (tertiary/aromatic N) is 3. The van der Waals surface area contributed by atoms with Gasteiger partial charge in [0.15, 0.2) is 0 Å². The Balaban J connectivity index is 1.76. The Morgan fingerprint density at radius 1 is 1.00 bits per heavy atom. The lowest BCUT2D eigenvalue weighted by Gasteiger charge is -2.65. The van der Waals surface area contributed by atoms with Crippen LogP contribution >= 0.6 is 0 Å². The van der Waals surface area contributed by atoms with Gasteiger partial charge in [0.1, 0.15) is 5.54 Å². The Kier molecular flexibility index (Phi) is 2.73. The van der Waals surface area contributed by atoms with Gasteiger partial charge in [0.05, 0.1) is 17.0 Å². The third-order valence-electron chi connectivity index (χ3n) is 9.20. The number of carbonyl (C=O) groups excluding carboxylic acids is 3. The Hall–Kier alpha value is -1.59. The third-order valence-corrected chi connectivity index (χ3v) is 9.20. The maximum absolute atomic E-state index is 13.5. The molecule has 6 fully saturated rings. The molecule has 1 unspecified atom stereocenters. The summed E-state index contributed by atoms with van der Waals surface area (Å²) < 4.78 is 0. The van der Waals surface area contributed by atoms with Gasteiger partial charge in [-0.3, -0.25) is 14.4 Å². The fourth-order valence-electron chi connectivity index (χ4n) is 7.78. The molecule has 0 aromatic carbocycles. The molecule has 6 nitrogen and oxygen atoms in total. The van der Waals surface area contributed by atoms with Crippen LogP contribution in [0.4, 0.5) is 0 Å². The van der Waals surface area contributed by atoms with Crippen molar-refractivity contribution < 1.29 is 14.4 Å². The summed E-state index contributed by atoms with van der Waals surface area (Å²) in [6, 6.07) is -0.0700. The van der Waals surface area contributed by atoms with E-state index in [1.807, 2.05) is 35.7 Å². The van der Waals surface area contributed by atoms with E-state index in [9.17, 15) is 14.4 Å². The average Bonchev–Trinajstić information content (AvgIpc) is 3.09. The van der Waals surface area contributed by atoms with Gasteiger partial charge in [-0.25, -0.2) is 0 Å². The monoisotopic (exact) mass is 359 g/mol. The predicted molar refractivity (Wildman–Crippen MR) is 95.0 cm³/mol. The zero-order valence-corrected chi connectivity index (χ0v) is 16.5. The van der Waals surface area contributed by atoms with Crippen LogP contribution in [0, 0.1) is 16.7 Å². The van der Waals surface area contributed by atoms with Crippen molar-refractivity contribution in [3.8, 4) is 0 Å². The summed E-state index contributed by atoms with van der Waals surface area (Å²) in [4.78, 5) is 45.6. The van der Waals surface area contributed by atoms with E-state index in [2.05, 4.69) is 13.8 Å². The summed E-state index contributed by atoms with van der Waals surface area (Å²) >= 11 is 0. The molecule has 5 heterocycles. The smallest absolute Gasteiger partial charge is 0.249 e. The van der Waals surface area contributed by atoms with Crippen LogP contribution < -0.4 is 0 Å². The molecule has 0 N–H and O–H groups in total. The van der Waals surface area contributed by atoms with Crippen LogP contribution in [0.1, 0.15) is 52.9 Å². The summed E-state index contributed by atoms with van der Waals surface area (Å²) in [5.74, 6) is 0.448. The highest BCUT2D eigenvalue weighted by molar-refractivity contribution is 5.99. The Labute approximate surface area is 154 Å². The van der Waals surface area contributed by atoms with Crippen LogP contribution in [-0.2, 0) is 14.4 Å². The molecule has 0 aromatic rings. The second kappa shape index (κ2) is 4.28. The highest BCUT2D eigenvalue weighted by Gasteiger charge is 2.81. The molecule has 26 heavy (non-hydrogen) atoms. The first kappa shape index (κ1) is 16.6. The molecule has 3 amide bonds. The second-order valence-electron chi connectivity index (χ2n) is 10.1. The fraction of sp³-hybridized carbons (Fsp3) is 0.850. The number of hydrogen-bond acceptors (Lipinski definition) is 3. The normalized spacial score (nSPS) is 48.8. The molecule has 142 valence electrons. The molecule has 6 heteroatoms. The summed E-state index contributed by atoms with van der Waals surface area (Å²) in [6.07, 6.45) is 3.60. The first-order chi connectivity index (χ1) is 12.1. The van der Waals surface area contributed by atoms with Crippen molar-refractivity contribution in [3.05, 3.63) is 0 Å². The van der Waals surface area contributed by atoms with Gasteiger partial charge >= 0.3 is 0 Å². The first-order valence-corrected chi connectivity index (χ1v) is 9.92. The highest BCUT2D eigenvalue weighted by atomic mass is 16.2. The van der Waals surface area contributed by atoms with Gasteiger partial charge in [0.25, 0.3) is 0 Å². The molecule has 1 saturated carbocycles. The molecule has 5 saturated heterocycles. The number of piperidine rings is 2. The molecule has 5 aliphatic heterocycles. The van der Waals surface area contributed by atoms with Crippen LogP contribution in [0.15, 0.2) is 0 Å². The van der Waals surface area contributed by atoms with Gasteiger partial charge in [-0.2, -0.15) is 0 Å². The lowest BCUT2D eigenvalue weighted by molar-refractivity contribution is -0.196. The van der Waals surface area contributed by atoms with Crippen molar-refractivity contribution in [1.29, 1.82) is 0 Å². The molecule has 2 bridgehead atoms. The SMILES string of the molecule is C[C@H]1CC(=O)N2C3C(C)(C)[C@@]4(CCN(C)C4=O)C[C@]34CC[C@]12C(=O)N4C. The minimum absolute atomic E-state index is 0.0394. The van der Waals surface area contributed by atoms with Crippen molar-refractivity contribution in [2.75, 3.05) is 20.6 Å². The van der Waals surface area contributed by atoms with Gasteiger partial charge in [0, 0.05) is 32.5 Å². The van der Waals surface area contributed by atoms with Gasteiger partial charge in [0.2, 0.25) is 17.7 Å². The summed E-state index contributed by atoms with van der Waals surface area (Å²) in [5, 5.41) is 0. The Bertz CT molecular complexity index is 763. The van der Waals surface area contributed by atoms with Crippen molar-refractivity contribution in [3.63, 3.8) is 0 Å². The van der Waals surface area contributed by atoms with Crippen LogP contribution in [0.25, 0.3) is 0 Å². The number of rotatable bonds is 0. The first-order valence-electron chi connectivity index (χ1n) is 9.92. The number of amides is 3. The molecule has 0 radical (unpaired) electrons. The van der Waals surface area contributed by atoms with Crippen molar-refractivity contribution >= 4 is 17.7 Å². The van der Waals surface area contributed by atoms with Gasteiger partial charge in [-0.15, -0.1) is 0 Å². The molecule has 6 aliphatic rings. The minimum atomic E-state index is -0.686. The Morgan fingerprint density at radius 3 is 2.31 bits per heavy atom. The number of likely N-dealkylation sites (N-methyl/N-ethyl adjacent to an activating group) is 1. The number of fused-ring (bicyclic) bond motifs is 2. The lowest BCUT2D eigenvalue weighted by Crippen LogP contribution is -2.81. The van der Waals surface area contributed by atoms with Gasteiger partial charge in [-0.1, -0.05) is 20.8 Å². The quantitative estimate of drug-likeness (QED) is 0.654. The van der Waals surface area contributed by atoms with E-state index in [1.165, 1.54) is 0 Å². The lowest BCUT2D eigenvalue weighted by atomic mass is 9.61. The maximum Gasteiger partial charge on any atom is 0.249 e. The van der Waals surface area contributed by atoms with Crippen LogP contribution in [0.3, 0.4) is 0 Å². The van der Waals surface area contributed by atoms with Gasteiger partial charge in [-0.05, 0) is 31.6 Å². The molecule has 3 spiro atoms. The standard InChI is InChI=1S/C20H29N3O3/c1-12-10-13(24)23-14-17(2,3)18(8-9-21(4)15(18)25)11-19(14)6-7-20(12,23)16(26)22(19)5/h12,14H,6-11H2,1-5H3/t12-,14?,18-,19+,20+/m0/s1. The Morgan fingerprint density at radius 2 is 1.69 bits per heavy atom. The minimum Gasteiger partial charge on any atom is -0.345 e. The van der Waals surface area contributed by atoms with E-state index in [1.54, 1.807) is 0 Å². The number of likely N-dealkylation sites (tertiary alicyclic amines) is 1. The van der Waals surface area contributed by atoms with E-state index >= 15 is 0 Å². The molecule has 0 aromatic heterocycles. The molecule has 6 rings (SSSR count). The summed E-state index contributed by atoms with van der Waals surface area (Å²) in [5.41, 5.74) is -1.92. The number of piperazine rings is 1. The molecular weight excluding hydrogens is 330 g/mol. The number of carbonyl (C=O) groups is 3.